The number of esters is 1. The van der Waals surface area contributed by atoms with Gasteiger partial charge in [0.1, 0.15) is 11.9 Å². The Morgan fingerprint density at radius 3 is 2.67 bits per heavy atom. The minimum atomic E-state index is -0.557. The van der Waals surface area contributed by atoms with E-state index >= 15 is 0 Å². The molecule has 3 atom stereocenters. The summed E-state index contributed by atoms with van der Waals surface area (Å²) in [6.45, 7) is 5.81. The van der Waals surface area contributed by atoms with Crippen LogP contribution in [0.2, 0.25) is 0 Å². The Labute approximate surface area is 165 Å². The Kier molecular flexibility index (Phi) is 12.1. The van der Waals surface area contributed by atoms with Gasteiger partial charge in [-0.05, 0) is 58.3 Å². The SMILES string of the molecule is CCCC#CC(O)CC[C@H]1CCC(=O)[C@@H]1CCCCCCC(=O)OC(C)C. The first-order valence-corrected chi connectivity index (χ1v) is 10.8. The second-order valence-corrected chi connectivity index (χ2v) is 8.03. The first-order valence-electron chi connectivity index (χ1n) is 10.8. The molecule has 27 heavy (non-hydrogen) atoms. The number of aliphatic hydroxyl groups excluding tert-OH is 1. The van der Waals surface area contributed by atoms with E-state index in [1.807, 2.05) is 13.8 Å². The standard InChI is InChI=1S/C23H38O4/c1-4-5-8-11-20(24)16-14-19-15-17-22(25)21(19)12-9-6-7-10-13-23(26)27-18(2)3/h18-21,24H,4-7,9-10,12-17H2,1-3H3/t19-,20?,21+/m0/s1. The van der Waals surface area contributed by atoms with E-state index in [2.05, 4.69) is 18.8 Å². The molecular formula is C23H38O4. The van der Waals surface area contributed by atoms with Crippen LogP contribution in [0.15, 0.2) is 0 Å². The smallest absolute Gasteiger partial charge is 0.306 e. The lowest BCUT2D eigenvalue weighted by atomic mass is 9.86. The Balaban J connectivity index is 2.21. The molecule has 0 radical (unpaired) electrons. The third-order valence-corrected chi connectivity index (χ3v) is 5.21. The summed E-state index contributed by atoms with van der Waals surface area (Å²) in [7, 11) is 0. The zero-order valence-corrected chi connectivity index (χ0v) is 17.5. The van der Waals surface area contributed by atoms with E-state index in [1.54, 1.807) is 0 Å². The molecule has 0 aromatic rings. The van der Waals surface area contributed by atoms with Crippen molar-refractivity contribution >= 4 is 11.8 Å². The highest BCUT2D eigenvalue weighted by Crippen LogP contribution is 2.36. The largest absolute Gasteiger partial charge is 0.463 e. The number of carbonyl (C=O) groups excluding carboxylic acids is 2. The van der Waals surface area contributed by atoms with Crippen LogP contribution in [0.4, 0.5) is 0 Å². The Morgan fingerprint density at radius 1 is 1.22 bits per heavy atom. The van der Waals surface area contributed by atoms with Crippen molar-refractivity contribution in [3.05, 3.63) is 0 Å². The quantitative estimate of drug-likeness (QED) is 0.300. The zero-order chi connectivity index (χ0) is 20.1. The molecule has 0 amide bonds. The van der Waals surface area contributed by atoms with Crippen LogP contribution in [0.1, 0.15) is 97.8 Å². The first kappa shape index (κ1) is 23.7. The van der Waals surface area contributed by atoms with E-state index < -0.39 is 6.10 Å². The molecule has 0 aromatic carbocycles. The second-order valence-electron chi connectivity index (χ2n) is 8.03. The number of hydrogen-bond acceptors (Lipinski definition) is 4. The van der Waals surface area contributed by atoms with Crippen LogP contribution in [0.5, 0.6) is 0 Å². The molecule has 0 aliphatic heterocycles. The van der Waals surface area contributed by atoms with Gasteiger partial charge >= 0.3 is 5.97 Å². The maximum atomic E-state index is 12.2. The van der Waals surface area contributed by atoms with E-state index in [-0.39, 0.29) is 18.0 Å². The summed E-state index contributed by atoms with van der Waals surface area (Å²) < 4.78 is 5.13. The molecule has 1 rings (SSSR count). The van der Waals surface area contributed by atoms with Crippen LogP contribution in [0.3, 0.4) is 0 Å². The van der Waals surface area contributed by atoms with Gasteiger partial charge in [-0.2, -0.15) is 0 Å². The van der Waals surface area contributed by atoms with Gasteiger partial charge in [0.25, 0.3) is 0 Å². The molecule has 4 nitrogen and oxygen atoms in total. The number of unbranched alkanes of at least 4 members (excludes halogenated alkanes) is 4. The highest BCUT2D eigenvalue weighted by molar-refractivity contribution is 5.83. The van der Waals surface area contributed by atoms with E-state index in [4.69, 9.17) is 4.74 Å². The highest BCUT2D eigenvalue weighted by atomic mass is 16.5. The van der Waals surface area contributed by atoms with Crippen molar-refractivity contribution < 1.29 is 19.4 Å². The maximum absolute atomic E-state index is 12.2. The molecule has 0 bridgehead atoms. The third-order valence-electron chi connectivity index (χ3n) is 5.21. The van der Waals surface area contributed by atoms with Crippen molar-refractivity contribution in [2.45, 2.75) is 110 Å². The number of Topliss-reactive ketones (excluding diaryl/α,β-unsaturated/α-hetero) is 1. The third kappa shape index (κ3) is 10.5. The summed E-state index contributed by atoms with van der Waals surface area (Å²) in [5, 5.41) is 9.96. The van der Waals surface area contributed by atoms with Gasteiger partial charge in [0, 0.05) is 25.2 Å². The number of rotatable bonds is 12. The van der Waals surface area contributed by atoms with Crippen molar-refractivity contribution in [1.29, 1.82) is 0 Å². The van der Waals surface area contributed by atoms with Crippen LogP contribution < -0.4 is 0 Å². The van der Waals surface area contributed by atoms with E-state index in [0.717, 1.165) is 57.8 Å². The van der Waals surface area contributed by atoms with Gasteiger partial charge in [-0.25, -0.2) is 0 Å². The predicted octanol–water partition coefficient (Wildman–Crippen LogP) is 4.82. The lowest BCUT2D eigenvalue weighted by Gasteiger charge is -2.18. The normalized spacial score (nSPS) is 20.4. The highest BCUT2D eigenvalue weighted by Gasteiger charge is 2.33. The molecule has 1 unspecified atom stereocenters. The average Bonchev–Trinajstić information content (AvgIpc) is 2.95. The van der Waals surface area contributed by atoms with Gasteiger partial charge in [0.15, 0.2) is 0 Å². The molecule has 0 spiro atoms. The molecule has 1 fully saturated rings. The summed E-state index contributed by atoms with van der Waals surface area (Å²) >= 11 is 0. The molecule has 1 N–H and O–H groups in total. The van der Waals surface area contributed by atoms with Gasteiger partial charge in [0.2, 0.25) is 0 Å². The summed E-state index contributed by atoms with van der Waals surface area (Å²) in [6, 6.07) is 0. The van der Waals surface area contributed by atoms with Crippen molar-refractivity contribution in [3.8, 4) is 11.8 Å². The number of ether oxygens (including phenoxy) is 1. The van der Waals surface area contributed by atoms with Crippen molar-refractivity contribution in [2.75, 3.05) is 0 Å². The Bertz CT molecular complexity index is 500. The van der Waals surface area contributed by atoms with Gasteiger partial charge in [-0.15, -0.1) is 5.92 Å². The van der Waals surface area contributed by atoms with Crippen LogP contribution >= 0.6 is 0 Å². The summed E-state index contributed by atoms with van der Waals surface area (Å²) in [4.78, 5) is 23.7. The van der Waals surface area contributed by atoms with E-state index in [9.17, 15) is 14.7 Å². The maximum Gasteiger partial charge on any atom is 0.306 e. The average molecular weight is 379 g/mol. The van der Waals surface area contributed by atoms with Gasteiger partial charge < -0.3 is 9.84 Å². The topological polar surface area (TPSA) is 63.6 Å². The van der Waals surface area contributed by atoms with Crippen LogP contribution in [0, 0.1) is 23.7 Å². The fourth-order valence-electron chi connectivity index (χ4n) is 3.79. The molecule has 1 saturated carbocycles. The van der Waals surface area contributed by atoms with Gasteiger partial charge in [-0.1, -0.05) is 32.1 Å². The molecule has 0 saturated heterocycles. The lowest BCUT2D eigenvalue weighted by Crippen LogP contribution is -2.17. The molecule has 154 valence electrons. The first-order chi connectivity index (χ1) is 12.9. The second kappa shape index (κ2) is 13.8. The number of hydrogen-bond donors (Lipinski definition) is 1. The lowest BCUT2D eigenvalue weighted by molar-refractivity contribution is -0.147. The molecule has 1 aliphatic carbocycles. The Hall–Kier alpha value is -1.34. The van der Waals surface area contributed by atoms with E-state index in [0.29, 0.717) is 31.0 Å². The molecular weight excluding hydrogens is 340 g/mol. The van der Waals surface area contributed by atoms with Crippen LogP contribution in [-0.2, 0) is 14.3 Å². The fourth-order valence-corrected chi connectivity index (χ4v) is 3.79. The van der Waals surface area contributed by atoms with E-state index in [1.165, 1.54) is 0 Å². The van der Waals surface area contributed by atoms with Crippen molar-refractivity contribution in [2.24, 2.45) is 11.8 Å². The summed E-state index contributed by atoms with van der Waals surface area (Å²) in [6.07, 6.45) is 9.82. The van der Waals surface area contributed by atoms with Crippen LogP contribution in [-0.4, -0.2) is 29.1 Å². The monoisotopic (exact) mass is 378 g/mol. The minimum absolute atomic E-state index is 0.0426. The summed E-state index contributed by atoms with van der Waals surface area (Å²) in [5.74, 6) is 6.75. The van der Waals surface area contributed by atoms with Gasteiger partial charge in [-0.3, -0.25) is 9.59 Å². The number of ketones is 1. The van der Waals surface area contributed by atoms with Crippen molar-refractivity contribution in [3.63, 3.8) is 0 Å². The molecule has 0 aromatic heterocycles. The predicted molar refractivity (Wildman–Crippen MR) is 108 cm³/mol. The van der Waals surface area contributed by atoms with Gasteiger partial charge in [0.05, 0.1) is 6.10 Å². The van der Waals surface area contributed by atoms with Crippen LogP contribution in [0.25, 0.3) is 0 Å². The van der Waals surface area contributed by atoms with Crippen molar-refractivity contribution in [1.82, 2.24) is 0 Å². The number of carbonyl (C=O) groups is 2. The molecule has 4 heteroatoms. The molecule has 1 aliphatic rings. The Morgan fingerprint density at radius 2 is 1.96 bits per heavy atom. The minimum Gasteiger partial charge on any atom is -0.463 e. The zero-order valence-electron chi connectivity index (χ0n) is 17.5. The summed E-state index contributed by atoms with van der Waals surface area (Å²) in [5.41, 5.74) is 0. The fraction of sp³-hybridized carbons (Fsp3) is 0.826. The molecule has 0 heterocycles. The number of aliphatic hydroxyl groups is 1.